The quantitative estimate of drug-likeness (QED) is 0.346. The fourth-order valence-electron chi connectivity index (χ4n) is 3.31. The minimum atomic E-state index is -0.354. The number of anilines is 1. The van der Waals surface area contributed by atoms with Gasteiger partial charge in [-0.2, -0.15) is 0 Å². The highest BCUT2D eigenvalue weighted by Crippen LogP contribution is 2.29. The van der Waals surface area contributed by atoms with Crippen LogP contribution in [0.25, 0.3) is 11.3 Å². The Kier molecular flexibility index (Phi) is 6.71. The molecule has 0 bridgehead atoms. The fraction of sp³-hybridized carbons (Fsp3) is 0.154. The van der Waals surface area contributed by atoms with Crippen LogP contribution in [0.1, 0.15) is 18.1 Å². The molecule has 0 saturated heterocycles. The van der Waals surface area contributed by atoms with Gasteiger partial charge >= 0.3 is 0 Å². The lowest BCUT2D eigenvalue weighted by molar-refractivity contribution is -0.115. The molecule has 3 aromatic carbocycles. The van der Waals surface area contributed by atoms with Gasteiger partial charge in [0.1, 0.15) is 5.82 Å². The SMILES string of the molecule is Cc1ccccc1NC(=O)C(C)Sc1nc(-c2ccc(F)cc2)cn1Cc1ccccc1. The van der Waals surface area contributed by atoms with Gasteiger partial charge in [0.2, 0.25) is 5.91 Å². The van der Waals surface area contributed by atoms with E-state index in [-0.39, 0.29) is 17.0 Å². The van der Waals surface area contributed by atoms with Gasteiger partial charge in [-0.3, -0.25) is 4.79 Å². The molecule has 0 saturated carbocycles. The minimum absolute atomic E-state index is 0.0816. The number of aromatic nitrogens is 2. The van der Waals surface area contributed by atoms with Crippen LogP contribution in [-0.2, 0) is 11.3 Å². The van der Waals surface area contributed by atoms with Crippen molar-refractivity contribution in [1.29, 1.82) is 0 Å². The van der Waals surface area contributed by atoms with Gasteiger partial charge < -0.3 is 9.88 Å². The van der Waals surface area contributed by atoms with E-state index in [1.54, 1.807) is 12.1 Å². The Balaban J connectivity index is 1.58. The molecule has 1 N–H and O–H groups in total. The van der Waals surface area contributed by atoms with Crippen molar-refractivity contribution in [3.05, 3.63) is 102 Å². The van der Waals surface area contributed by atoms with Gasteiger partial charge in [-0.15, -0.1) is 0 Å². The summed E-state index contributed by atoms with van der Waals surface area (Å²) in [7, 11) is 0. The van der Waals surface area contributed by atoms with Crippen molar-refractivity contribution in [3.8, 4) is 11.3 Å². The lowest BCUT2D eigenvalue weighted by Gasteiger charge is -2.14. The molecule has 32 heavy (non-hydrogen) atoms. The first kappa shape index (κ1) is 21.8. The molecule has 1 heterocycles. The Morgan fingerprint density at radius 1 is 1.03 bits per heavy atom. The predicted octanol–water partition coefficient (Wildman–Crippen LogP) is 6.17. The summed E-state index contributed by atoms with van der Waals surface area (Å²) >= 11 is 1.41. The van der Waals surface area contributed by atoms with E-state index in [2.05, 4.69) is 17.4 Å². The number of hydrogen-bond donors (Lipinski definition) is 1. The van der Waals surface area contributed by atoms with Crippen molar-refractivity contribution in [2.45, 2.75) is 30.8 Å². The number of aryl methyl sites for hydroxylation is 1. The van der Waals surface area contributed by atoms with E-state index in [9.17, 15) is 9.18 Å². The van der Waals surface area contributed by atoms with Gasteiger partial charge in [0, 0.05) is 24.0 Å². The van der Waals surface area contributed by atoms with Crippen molar-refractivity contribution in [3.63, 3.8) is 0 Å². The summed E-state index contributed by atoms with van der Waals surface area (Å²) < 4.78 is 15.4. The molecule has 162 valence electrons. The Labute approximate surface area is 191 Å². The Morgan fingerprint density at radius 2 is 1.72 bits per heavy atom. The molecule has 4 nitrogen and oxygen atoms in total. The summed E-state index contributed by atoms with van der Waals surface area (Å²) in [6, 6.07) is 24.1. The van der Waals surface area contributed by atoms with E-state index in [4.69, 9.17) is 4.98 Å². The van der Waals surface area contributed by atoms with E-state index in [1.807, 2.05) is 67.1 Å². The van der Waals surface area contributed by atoms with Crippen molar-refractivity contribution in [2.24, 2.45) is 0 Å². The van der Waals surface area contributed by atoms with Crippen molar-refractivity contribution < 1.29 is 9.18 Å². The van der Waals surface area contributed by atoms with E-state index in [0.717, 1.165) is 33.2 Å². The summed E-state index contributed by atoms with van der Waals surface area (Å²) in [6.07, 6.45) is 1.95. The number of amides is 1. The number of rotatable bonds is 7. The molecule has 0 aliphatic heterocycles. The highest BCUT2D eigenvalue weighted by atomic mass is 32.2. The van der Waals surface area contributed by atoms with Gasteiger partial charge in [0.15, 0.2) is 5.16 Å². The second-order valence-electron chi connectivity index (χ2n) is 7.59. The number of imidazole rings is 1. The molecule has 4 rings (SSSR count). The lowest BCUT2D eigenvalue weighted by atomic mass is 10.2. The second-order valence-corrected chi connectivity index (χ2v) is 8.90. The molecule has 0 spiro atoms. The van der Waals surface area contributed by atoms with Crippen LogP contribution >= 0.6 is 11.8 Å². The molecule has 0 radical (unpaired) electrons. The normalized spacial score (nSPS) is 11.8. The summed E-state index contributed by atoms with van der Waals surface area (Å²) in [5.41, 5.74) is 4.54. The molecule has 4 aromatic rings. The number of halogens is 1. The minimum Gasteiger partial charge on any atom is -0.325 e. The molecule has 0 aliphatic rings. The van der Waals surface area contributed by atoms with Crippen LogP contribution < -0.4 is 5.32 Å². The zero-order chi connectivity index (χ0) is 22.5. The highest BCUT2D eigenvalue weighted by molar-refractivity contribution is 8.00. The van der Waals surface area contributed by atoms with Crippen molar-refractivity contribution in [1.82, 2.24) is 9.55 Å². The first-order valence-corrected chi connectivity index (χ1v) is 11.3. The number of nitrogens with one attached hydrogen (secondary N) is 1. The van der Waals surface area contributed by atoms with Crippen LogP contribution in [0, 0.1) is 12.7 Å². The molecule has 1 aromatic heterocycles. The lowest BCUT2D eigenvalue weighted by Crippen LogP contribution is -2.23. The van der Waals surface area contributed by atoms with Crippen LogP contribution in [0.5, 0.6) is 0 Å². The molecule has 6 heteroatoms. The average molecular weight is 446 g/mol. The Bertz CT molecular complexity index is 1210. The highest BCUT2D eigenvalue weighted by Gasteiger charge is 2.20. The average Bonchev–Trinajstić information content (AvgIpc) is 3.18. The number of nitrogens with zero attached hydrogens (tertiary/aromatic N) is 2. The standard InChI is InChI=1S/C26H24FN3OS/c1-18-8-6-7-11-23(18)28-25(31)19(2)32-26-29-24(21-12-14-22(27)15-13-21)17-30(26)16-20-9-4-3-5-10-20/h3-15,17,19H,16H2,1-2H3,(H,28,31). The third-order valence-corrected chi connectivity index (χ3v) is 6.23. The summed E-state index contributed by atoms with van der Waals surface area (Å²) in [5, 5.41) is 3.39. The largest absolute Gasteiger partial charge is 0.325 e. The molecule has 1 atom stereocenters. The zero-order valence-corrected chi connectivity index (χ0v) is 18.8. The first-order valence-electron chi connectivity index (χ1n) is 10.4. The maximum atomic E-state index is 13.4. The van der Waals surface area contributed by atoms with Crippen LogP contribution in [0.15, 0.2) is 90.2 Å². The maximum Gasteiger partial charge on any atom is 0.237 e. The zero-order valence-electron chi connectivity index (χ0n) is 18.0. The number of hydrogen-bond acceptors (Lipinski definition) is 3. The van der Waals surface area contributed by atoms with Crippen molar-refractivity contribution >= 4 is 23.4 Å². The molecule has 0 aliphatic carbocycles. The molecule has 1 amide bonds. The van der Waals surface area contributed by atoms with Crippen LogP contribution in [-0.4, -0.2) is 20.7 Å². The Morgan fingerprint density at radius 3 is 2.44 bits per heavy atom. The number of carbonyl (C=O) groups excluding carboxylic acids is 1. The second kappa shape index (κ2) is 9.83. The topological polar surface area (TPSA) is 46.9 Å². The monoisotopic (exact) mass is 445 g/mol. The van der Waals surface area contributed by atoms with Crippen molar-refractivity contribution in [2.75, 3.05) is 5.32 Å². The third-order valence-electron chi connectivity index (χ3n) is 5.13. The van der Waals surface area contributed by atoms with Crippen LogP contribution in [0.3, 0.4) is 0 Å². The number of para-hydroxylation sites is 1. The van der Waals surface area contributed by atoms with Gasteiger partial charge in [0.05, 0.1) is 10.9 Å². The number of carbonyl (C=O) groups is 1. The molecule has 1 unspecified atom stereocenters. The third kappa shape index (κ3) is 5.26. The van der Waals surface area contributed by atoms with Gasteiger partial charge in [0.25, 0.3) is 0 Å². The number of thioether (sulfide) groups is 1. The Hall–Kier alpha value is -3.38. The van der Waals surface area contributed by atoms with E-state index >= 15 is 0 Å². The van der Waals surface area contributed by atoms with Crippen LogP contribution in [0.4, 0.5) is 10.1 Å². The molecular weight excluding hydrogens is 421 g/mol. The van der Waals surface area contributed by atoms with E-state index in [0.29, 0.717) is 6.54 Å². The smallest absolute Gasteiger partial charge is 0.237 e. The summed E-state index contributed by atoms with van der Waals surface area (Å²) in [5.74, 6) is -0.365. The summed E-state index contributed by atoms with van der Waals surface area (Å²) in [6.45, 7) is 4.47. The van der Waals surface area contributed by atoms with Gasteiger partial charge in [-0.05, 0) is 55.3 Å². The van der Waals surface area contributed by atoms with Gasteiger partial charge in [-0.25, -0.2) is 9.37 Å². The van der Waals surface area contributed by atoms with Gasteiger partial charge in [-0.1, -0.05) is 60.3 Å². The summed E-state index contributed by atoms with van der Waals surface area (Å²) in [4.78, 5) is 17.6. The fourth-order valence-corrected chi connectivity index (χ4v) is 4.19. The molecular formula is C26H24FN3OS. The molecule has 0 fully saturated rings. The maximum absolute atomic E-state index is 13.4. The predicted molar refractivity (Wildman–Crippen MR) is 128 cm³/mol. The first-order chi connectivity index (χ1) is 15.5. The van der Waals surface area contributed by atoms with E-state index in [1.165, 1.54) is 23.9 Å². The van der Waals surface area contributed by atoms with Crippen LogP contribution in [0.2, 0.25) is 0 Å². The van der Waals surface area contributed by atoms with E-state index < -0.39 is 0 Å². The number of benzene rings is 3.